The van der Waals surface area contributed by atoms with Gasteiger partial charge in [0.05, 0.1) is 11.4 Å². The molecule has 0 saturated carbocycles. The average molecular weight is 491 g/mol. The molecule has 0 aliphatic carbocycles. The number of halogens is 1. The van der Waals surface area contributed by atoms with E-state index in [0.29, 0.717) is 35.6 Å². The smallest absolute Gasteiger partial charge is 0.407 e. The van der Waals surface area contributed by atoms with Crippen molar-refractivity contribution in [2.24, 2.45) is 7.05 Å². The van der Waals surface area contributed by atoms with E-state index < -0.39 is 6.09 Å². The Morgan fingerprint density at radius 3 is 2.74 bits per heavy atom. The zero-order valence-corrected chi connectivity index (χ0v) is 18.7. The molecule has 31 heavy (non-hydrogen) atoms. The van der Waals surface area contributed by atoms with Gasteiger partial charge in [-0.3, -0.25) is 9.59 Å². The summed E-state index contributed by atoms with van der Waals surface area (Å²) in [5.74, 6) is -0.249. The van der Waals surface area contributed by atoms with Gasteiger partial charge in [-0.15, -0.1) is 0 Å². The van der Waals surface area contributed by atoms with E-state index in [2.05, 4.69) is 38.1 Å². The Hall–Kier alpha value is -3.34. The van der Waals surface area contributed by atoms with E-state index in [1.165, 1.54) is 15.5 Å². The largest absolute Gasteiger partial charge is 0.465 e. The van der Waals surface area contributed by atoms with Crippen LogP contribution in [-0.4, -0.2) is 57.2 Å². The molecule has 11 heteroatoms. The Labute approximate surface area is 187 Å². The Morgan fingerprint density at radius 2 is 2.10 bits per heavy atom. The normalized spacial score (nSPS) is 16.0. The lowest BCUT2D eigenvalue weighted by Crippen LogP contribution is -2.53. The number of aromatic nitrogens is 2. The summed E-state index contributed by atoms with van der Waals surface area (Å²) >= 11 is 3.27. The number of rotatable bonds is 5. The van der Waals surface area contributed by atoms with Gasteiger partial charge in [0, 0.05) is 44.6 Å². The highest BCUT2D eigenvalue weighted by atomic mass is 79.9. The molecule has 2 aromatic rings. The molecule has 3 N–H and O–H groups in total. The molecule has 1 aliphatic heterocycles. The Bertz CT molecular complexity index is 1090. The van der Waals surface area contributed by atoms with Crippen molar-refractivity contribution in [3.05, 3.63) is 52.0 Å². The minimum atomic E-state index is -0.950. The number of anilines is 4. The third kappa shape index (κ3) is 5.05. The number of carboxylic acid groups (broad SMARTS) is 1. The van der Waals surface area contributed by atoms with E-state index >= 15 is 0 Å². The van der Waals surface area contributed by atoms with E-state index in [9.17, 15) is 19.5 Å². The maximum absolute atomic E-state index is 12.4. The number of carbonyl (C=O) groups excluding carboxylic acids is 1. The third-order valence-corrected chi connectivity index (χ3v) is 5.33. The van der Waals surface area contributed by atoms with E-state index in [1.54, 1.807) is 25.4 Å². The van der Waals surface area contributed by atoms with Crippen LogP contribution in [0.15, 0.2) is 46.4 Å². The number of hydrogen-bond acceptors (Lipinski definition) is 6. The van der Waals surface area contributed by atoms with Gasteiger partial charge < -0.3 is 30.1 Å². The van der Waals surface area contributed by atoms with Crippen molar-refractivity contribution < 1.29 is 14.7 Å². The van der Waals surface area contributed by atoms with Gasteiger partial charge in [0.15, 0.2) is 5.82 Å². The third-order valence-electron chi connectivity index (χ3n) is 4.95. The van der Waals surface area contributed by atoms with Crippen LogP contribution in [0.25, 0.3) is 0 Å². The summed E-state index contributed by atoms with van der Waals surface area (Å²) in [6, 6.07) is 5.20. The minimum absolute atomic E-state index is 0.0953. The lowest BCUT2D eigenvalue weighted by molar-refractivity contribution is -0.111. The molecule has 3 rings (SSSR count). The maximum Gasteiger partial charge on any atom is 0.407 e. The van der Waals surface area contributed by atoms with Crippen LogP contribution in [0.3, 0.4) is 0 Å². The van der Waals surface area contributed by atoms with Gasteiger partial charge in [0.2, 0.25) is 5.91 Å². The first-order valence-corrected chi connectivity index (χ1v) is 10.3. The molecule has 1 saturated heterocycles. The van der Waals surface area contributed by atoms with Crippen molar-refractivity contribution in [1.82, 2.24) is 14.5 Å². The van der Waals surface area contributed by atoms with Gasteiger partial charge in [-0.25, -0.2) is 9.78 Å². The number of nitrogens with zero attached hydrogens (tertiary/aromatic N) is 4. The van der Waals surface area contributed by atoms with Gasteiger partial charge >= 0.3 is 6.09 Å². The summed E-state index contributed by atoms with van der Waals surface area (Å²) in [6.45, 7) is 6.60. The molecule has 164 valence electrons. The minimum Gasteiger partial charge on any atom is -0.465 e. The van der Waals surface area contributed by atoms with Gasteiger partial charge in [0.25, 0.3) is 5.56 Å². The molecule has 0 spiro atoms. The Kier molecular flexibility index (Phi) is 6.64. The quantitative estimate of drug-likeness (QED) is 0.550. The van der Waals surface area contributed by atoms with Crippen LogP contribution in [0.5, 0.6) is 0 Å². The fourth-order valence-electron chi connectivity index (χ4n) is 3.42. The summed E-state index contributed by atoms with van der Waals surface area (Å²) in [4.78, 5) is 43.3. The molecule has 0 unspecified atom stereocenters. The Balaban J connectivity index is 1.94. The molecule has 1 aromatic carbocycles. The number of piperazine rings is 1. The standard InChI is InChI=1S/C20H23BrN6O4/c1-4-17(28)23-14-9-13(22-18-19(29)25(3)11-16(21)24-18)5-6-15(14)27-8-7-26(20(30)31)10-12(27)2/h4-6,9,11-12H,1,7-8,10H2,2-3H3,(H,22,24)(H,23,28)(H,30,31)/t12-/m0/s1. The highest BCUT2D eigenvalue weighted by Crippen LogP contribution is 2.32. The highest BCUT2D eigenvalue weighted by molar-refractivity contribution is 9.10. The van der Waals surface area contributed by atoms with Crippen LogP contribution < -0.4 is 21.1 Å². The zero-order valence-electron chi connectivity index (χ0n) is 17.1. The molecular weight excluding hydrogens is 468 g/mol. The first-order chi connectivity index (χ1) is 14.7. The molecule has 10 nitrogen and oxygen atoms in total. The molecule has 2 heterocycles. The molecule has 0 radical (unpaired) electrons. The highest BCUT2D eigenvalue weighted by Gasteiger charge is 2.28. The van der Waals surface area contributed by atoms with E-state index in [0.717, 1.165) is 5.69 Å². The number of benzene rings is 1. The molecule has 1 atom stereocenters. The maximum atomic E-state index is 12.4. The number of hydrogen-bond donors (Lipinski definition) is 3. The van der Waals surface area contributed by atoms with Crippen LogP contribution in [0.4, 0.5) is 27.7 Å². The van der Waals surface area contributed by atoms with Crippen LogP contribution >= 0.6 is 15.9 Å². The second-order valence-electron chi connectivity index (χ2n) is 7.15. The first kappa shape index (κ1) is 22.3. The van der Waals surface area contributed by atoms with Crippen molar-refractivity contribution >= 4 is 50.8 Å². The van der Waals surface area contributed by atoms with Gasteiger partial charge in [-0.05, 0) is 47.1 Å². The monoisotopic (exact) mass is 490 g/mol. The van der Waals surface area contributed by atoms with Gasteiger partial charge in [-0.1, -0.05) is 6.58 Å². The van der Waals surface area contributed by atoms with Crippen LogP contribution in [0, 0.1) is 0 Å². The van der Waals surface area contributed by atoms with Crippen molar-refractivity contribution in [2.75, 3.05) is 35.2 Å². The average Bonchev–Trinajstić information content (AvgIpc) is 2.72. The number of carbonyl (C=O) groups is 2. The summed E-state index contributed by atoms with van der Waals surface area (Å²) < 4.78 is 1.90. The second-order valence-corrected chi connectivity index (χ2v) is 7.96. The van der Waals surface area contributed by atoms with Crippen molar-refractivity contribution in [1.29, 1.82) is 0 Å². The van der Waals surface area contributed by atoms with E-state index in [-0.39, 0.29) is 23.3 Å². The van der Waals surface area contributed by atoms with Crippen molar-refractivity contribution in [3.63, 3.8) is 0 Å². The van der Waals surface area contributed by atoms with Crippen LogP contribution in [0.1, 0.15) is 6.92 Å². The topological polar surface area (TPSA) is 120 Å². The lowest BCUT2D eigenvalue weighted by Gasteiger charge is -2.40. The zero-order chi connectivity index (χ0) is 22.7. The van der Waals surface area contributed by atoms with Gasteiger partial charge in [-0.2, -0.15) is 0 Å². The first-order valence-electron chi connectivity index (χ1n) is 9.51. The molecule has 1 aromatic heterocycles. The fraction of sp³-hybridized carbons (Fsp3) is 0.300. The predicted octanol–water partition coefficient (Wildman–Crippen LogP) is 2.60. The molecule has 1 aliphatic rings. The van der Waals surface area contributed by atoms with Crippen molar-refractivity contribution in [2.45, 2.75) is 13.0 Å². The lowest BCUT2D eigenvalue weighted by atomic mass is 10.1. The Morgan fingerprint density at radius 1 is 1.35 bits per heavy atom. The predicted molar refractivity (Wildman–Crippen MR) is 122 cm³/mol. The SMILES string of the molecule is C=CC(=O)Nc1cc(Nc2nc(Br)cn(C)c2=O)ccc1N1CCN(C(=O)O)C[C@@H]1C. The second kappa shape index (κ2) is 9.21. The number of nitrogens with one attached hydrogen (secondary N) is 2. The molecule has 0 bridgehead atoms. The number of aryl methyl sites for hydroxylation is 1. The van der Waals surface area contributed by atoms with Crippen molar-refractivity contribution in [3.8, 4) is 0 Å². The van der Waals surface area contributed by atoms with Crippen LogP contribution in [0.2, 0.25) is 0 Å². The van der Waals surface area contributed by atoms with Crippen LogP contribution in [-0.2, 0) is 11.8 Å². The molecule has 2 amide bonds. The van der Waals surface area contributed by atoms with E-state index in [4.69, 9.17) is 0 Å². The van der Waals surface area contributed by atoms with Gasteiger partial charge in [0.1, 0.15) is 4.60 Å². The summed E-state index contributed by atoms with van der Waals surface area (Å²) in [6.07, 6.45) is 1.78. The summed E-state index contributed by atoms with van der Waals surface area (Å²) in [7, 11) is 1.62. The summed E-state index contributed by atoms with van der Waals surface area (Å²) in [5, 5.41) is 15.0. The fourth-order valence-corrected chi connectivity index (χ4v) is 3.91. The molecular formula is C20H23BrN6O4. The number of amides is 2. The van der Waals surface area contributed by atoms with E-state index in [1.807, 2.05) is 17.9 Å². The molecule has 1 fully saturated rings. The summed E-state index contributed by atoms with van der Waals surface area (Å²) in [5.41, 5.74) is 1.51.